The van der Waals surface area contributed by atoms with Crippen LogP contribution in [-0.4, -0.2) is 37.5 Å². The van der Waals surface area contributed by atoms with E-state index >= 15 is 0 Å². The molecule has 1 aliphatic heterocycles. The quantitative estimate of drug-likeness (QED) is 0.777. The average Bonchev–Trinajstić information content (AvgIpc) is 2.40. The molecule has 3 nitrogen and oxygen atoms in total. The lowest BCUT2D eigenvalue weighted by molar-refractivity contribution is -0.131. The molecule has 0 bridgehead atoms. The maximum Gasteiger partial charge on any atom is 0.226 e. The van der Waals surface area contributed by atoms with Crippen molar-refractivity contribution in [3.05, 3.63) is 33.4 Å². The summed E-state index contributed by atoms with van der Waals surface area (Å²) in [4.78, 5) is 14.3. The number of hydrogen-bond donors (Lipinski definition) is 1. The summed E-state index contributed by atoms with van der Waals surface area (Å²) in [5.74, 6) is 0.997. The van der Waals surface area contributed by atoms with Gasteiger partial charge in [0.2, 0.25) is 5.91 Å². The predicted octanol–water partition coefficient (Wildman–Crippen LogP) is 2.71. The van der Waals surface area contributed by atoms with Gasteiger partial charge in [0, 0.05) is 16.7 Å². The Hall–Kier alpha value is -0.330. The van der Waals surface area contributed by atoms with Gasteiger partial charge in [-0.25, -0.2) is 0 Å². The molecular weight excluding hydrogens is 387 g/mol. The zero-order chi connectivity index (χ0) is 13.7. The lowest BCUT2D eigenvalue weighted by Crippen LogP contribution is -2.41. The molecule has 1 heterocycles. The Morgan fingerprint density at radius 1 is 1.40 bits per heavy atom. The van der Waals surface area contributed by atoms with Crippen molar-refractivity contribution in [2.75, 3.05) is 26.7 Å². The van der Waals surface area contributed by atoms with Crippen LogP contribution in [0, 0.1) is 9.49 Å². The Balaban J connectivity index is 0.00000200. The van der Waals surface area contributed by atoms with Crippen LogP contribution in [0.4, 0.5) is 0 Å². The lowest BCUT2D eigenvalue weighted by atomic mass is 9.96. The molecule has 1 N–H and O–H groups in total. The molecule has 5 heteroatoms. The molecular formula is C15H22ClIN2O. The number of piperidine rings is 1. The van der Waals surface area contributed by atoms with E-state index in [1.165, 1.54) is 3.57 Å². The predicted molar refractivity (Wildman–Crippen MR) is 93.3 cm³/mol. The molecule has 0 radical (unpaired) electrons. The number of carbonyl (C=O) groups excluding carboxylic acids is 1. The molecule has 1 fully saturated rings. The monoisotopic (exact) mass is 408 g/mol. The molecule has 0 aromatic heterocycles. The molecule has 0 unspecified atom stereocenters. The van der Waals surface area contributed by atoms with Crippen molar-refractivity contribution in [1.29, 1.82) is 0 Å². The van der Waals surface area contributed by atoms with Gasteiger partial charge in [-0.1, -0.05) is 12.1 Å². The van der Waals surface area contributed by atoms with Crippen LogP contribution in [0.25, 0.3) is 0 Å². The van der Waals surface area contributed by atoms with Crippen LogP contribution in [0.2, 0.25) is 0 Å². The van der Waals surface area contributed by atoms with Crippen LogP contribution in [0.1, 0.15) is 18.4 Å². The number of amides is 1. The van der Waals surface area contributed by atoms with E-state index in [1.807, 2.05) is 24.1 Å². The molecule has 1 aromatic carbocycles. The summed E-state index contributed by atoms with van der Waals surface area (Å²) in [5, 5.41) is 3.22. The number of benzene rings is 1. The summed E-state index contributed by atoms with van der Waals surface area (Å²) in [6.07, 6.45) is 2.78. The first-order chi connectivity index (χ1) is 9.19. The van der Waals surface area contributed by atoms with Crippen molar-refractivity contribution >= 4 is 40.9 Å². The molecule has 0 saturated carbocycles. The molecule has 20 heavy (non-hydrogen) atoms. The zero-order valence-electron chi connectivity index (χ0n) is 11.8. The topological polar surface area (TPSA) is 32.3 Å². The molecule has 1 aromatic rings. The first kappa shape index (κ1) is 17.7. The highest BCUT2D eigenvalue weighted by Crippen LogP contribution is 2.17. The van der Waals surface area contributed by atoms with E-state index in [0.717, 1.165) is 44.0 Å². The van der Waals surface area contributed by atoms with Gasteiger partial charge in [0.15, 0.2) is 0 Å². The van der Waals surface area contributed by atoms with E-state index in [9.17, 15) is 4.79 Å². The summed E-state index contributed by atoms with van der Waals surface area (Å²) in [6, 6.07) is 8.20. The minimum Gasteiger partial charge on any atom is -0.342 e. The van der Waals surface area contributed by atoms with Gasteiger partial charge in [0.1, 0.15) is 0 Å². The summed E-state index contributed by atoms with van der Waals surface area (Å²) in [5.41, 5.74) is 1.12. The summed E-state index contributed by atoms with van der Waals surface area (Å²) in [7, 11) is 1.99. The Morgan fingerprint density at radius 3 is 2.70 bits per heavy atom. The second kappa shape index (κ2) is 8.85. The third kappa shape index (κ3) is 5.22. The number of nitrogens with zero attached hydrogens (tertiary/aromatic N) is 1. The Bertz CT molecular complexity index is 434. The third-order valence-electron chi connectivity index (χ3n) is 3.70. The van der Waals surface area contributed by atoms with E-state index in [4.69, 9.17) is 0 Å². The molecule has 1 aliphatic rings. The van der Waals surface area contributed by atoms with Gasteiger partial charge in [-0.05, 0) is 72.6 Å². The van der Waals surface area contributed by atoms with Gasteiger partial charge in [0.25, 0.3) is 0 Å². The van der Waals surface area contributed by atoms with Gasteiger partial charge in [-0.15, -0.1) is 12.4 Å². The van der Waals surface area contributed by atoms with E-state index in [-0.39, 0.29) is 18.3 Å². The third-order valence-corrected chi connectivity index (χ3v) is 4.38. The molecule has 1 saturated heterocycles. The largest absolute Gasteiger partial charge is 0.342 e. The second-order valence-corrected chi connectivity index (χ2v) is 6.43. The maximum atomic E-state index is 12.3. The van der Waals surface area contributed by atoms with Crippen molar-refractivity contribution in [3.8, 4) is 0 Å². The molecule has 0 atom stereocenters. The highest BCUT2D eigenvalue weighted by atomic mass is 127. The fraction of sp³-hybridized carbons (Fsp3) is 0.533. The zero-order valence-corrected chi connectivity index (χ0v) is 14.7. The standard InChI is InChI=1S/C15H21IN2O.ClH/c1-17-11-12-5-7-18(8-6-12)15(19)10-13-3-2-4-14(16)9-13;/h2-4,9,12,17H,5-8,10-11H2,1H3;1H. The molecule has 0 aliphatic carbocycles. The van der Waals surface area contributed by atoms with Gasteiger partial charge in [-0.2, -0.15) is 0 Å². The number of hydrogen-bond acceptors (Lipinski definition) is 2. The normalized spacial score (nSPS) is 15.8. The Morgan fingerprint density at radius 2 is 2.10 bits per heavy atom. The summed E-state index contributed by atoms with van der Waals surface area (Å²) < 4.78 is 1.19. The van der Waals surface area contributed by atoms with Crippen molar-refractivity contribution in [1.82, 2.24) is 10.2 Å². The van der Waals surface area contributed by atoms with Crippen LogP contribution < -0.4 is 5.32 Å². The maximum absolute atomic E-state index is 12.3. The van der Waals surface area contributed by atoms with E-state index in [1.54, 1.807) is 0 Å². The van der Waals surface area contributed by atoms with Crippen molar-refractivity contribution in [2.24, 2.45) is 5.92 Å². The van der Waals surface area contributed by atoms with Crippen LogP contribution in [0.15, 0.2) is 24.3 Å². The fourth-order valence-electron chi connectivity index (χ4n) is 2.61. The van der Waals surface area contributed by atoms with Crippen LogP contribution in [0.3, 0.4) is 0 Å². The fourth-order valence-corrected chi connectivity index (χ4v) is 3.22. The number of rotatable bonds is 4. The smallest absolute Gasteiger partial charge is 0.226 e. The highest BCUT2D eigenvalue weighted by molar-refractivity contribution is 14.1. The van der Waals surface area contributed by atoms with E-state index in [2.05, 4.69) is 40.0 Å². The average molecular weight is 409 g/mol. The number of likely N-dealkylation sites (tertiary alicyclic amines) is 1. The van der Waals surface area contributed by atoms with Gasteiger partial charge in [-0.3, -0.25) is 4.79 Å². The summed E-state index contributed by atoms with van der Waals surface area (Å²) >= 11 is 2.29. The van der Waals surface area contributed by atoms with Gasteiger partial charge in [0.05, 0.1) is 6.42 Å². The molecule has 1 amide bonds. The number of halogens is 2. The van der Waals surface area contributed by atoms with Crippen LogP contribution in [-0.2, 0) is 11.2 Å². The van der Waals surface area contributed by atoms with E-state index in [0.29, 0.717) is 6.42 Å². The number of carbonyl (C=O) groups is 1. The van der Waals surface area contributed by atoms with Crippen molar-refractivity contribution in [3.63, 3.8) is 0 Å². The van der Waals surface area contributed by atoms with E-state index < -0.39 is 0 Å². The van der Waals surface area contributed by atoms with Crippen LogP contribution in [0.5, 0.6) is 0 Å². The minimum absolute atomic E-state index is 0. The Kier molecular flexibility index (Phi) is 7.84. The molecule has 0 spiro atoms. The van der Waals surface area contributed by atoms with Gasteiger partial charge >= 0.3 is 0 Å². The molecule has 112 valence electrons. The van der Waals surface area contributed by atoms with Crippen molar-refractivity contribution < 1.29 is 4.79 Å². The lowest BCUT2D eigenvalue weighted by Gasteiger charge is -2.32. The summed E-state index contributed by atoms with van der Waals surface area (Å²) in [6.45, 7) is 2.89. The van der Waals surface area contributed by atoms with Crippen molar-refractivity contribution in [2.45, 2.75) is 19.3 Å². The minimum atomic E-state index is 0. The Labute approximate surface area is 141 Å². The number of nitrogens with one attached hydrogen (secondary N) is 1. The first-order valence-corrected chi connectivity index (χ1v) is 7.93. The van der Waals surface area contributed by atoms with Gasteiger partial charge < -0.3 is 10.2 Å². The van der Waals surface area contributed by atoms with Crippen LogP contribution >= 0.6 is 35.0 Å². The highest BCUT2D eigenvalue weighted by Gasteiger charge is 2.22. The second-order valence-electron chi connectivity index (χ2n) is 5.19. The molecule has 2 rings (SSSR count). The SMILES string of the molecule is CNCC1CCN(C(=O)Cc2cccc(I)c2)CC1.Cl. The first-order valence-electron chi connectivity index (χ1n) is 6.86.